The van der Waals surface area contributed by atoms with Crippen molar-refractivity contribution in [2.45, 2.75) is 12.1 Å². The number of benzene rings is 1. The van der Waals surface area contributed by atoms with Gasteiger partial charge in [-0.1, -0.05) is 23.7 Å². The molecule has 76 valence electrons. The van der Waals surface area contributed by atoms with Crippen LogP contribution in [0.3, 0.4) is 0 Å². The number of carbonyl (C=O) groups is 1. The minimum absolute atomic E-state index is 0.435. The van der Waals surface area contributed by atoms with Gasteiger partial charge in [-0.25, -0.2) is 0 Å². The van der Waals surface area contributed by atoms with Crippen LogP contribution in [-0.2, 0) is 4.79 Å². The number of halogens is 1. The van der Waals surface area contributed by atoms with E-state index >= 15 is 0 Å². The third kappa shape index (κ3) is 2.45. The molecule has 0 saturated carbocycles. The van der Waals surface area contributed by atoms with Gasteiger partial charge in [-0.3, -0.25) is 4.79 Å². The number of rotatable bonds is 3. The molecule has 1 rings (SSSR count). The molecule has 0 fully saturated rings. The molecule has 0 unspecified atom stereocenters. The summed E-state index contributed by atoms with van der Waals surface area (Å²) >= 11 is 5.63. The van der Waals surface area contributed by atoms with Crippen LogP contribution < -0.4 is 5.73 Å². The molecule has 0 saturated heterocycles. The molecule has 0 aliphatic heterocycles. The molecule has 1 aromatic carbocycles. The molecule has 5 heteroatoms. The summed E-state index contributed by atoms with van der Waals surface area (Å²) in [6, 6.07) is 4.88. The number of carboxylic acid groups (broad SMARTS) is 1. The highest BCUT2D eigenvalue weighted by molar-refractivity contribution is 6.30. The third-order valence-electron chi connectivity index (χ3n) is 1.84. The fourth-order valence-electron chi connectivity index (χ4n) is 1.00. The molecule has 1 aromatic rings. The summed E-state index contributed by atoms with van der Waals surface area (Å²) in [6.45, 7) is 0. The zero-order chi connectivity index (χ0) is 10.7. The number of aliphatic hydroxyl groups excluding tert-OH is 1. The summed E-state index contributed by atoms with van der Waals surface area (Å²) in [7, 11) is 0. The first-order valence-electron chi connectivity index (χ1n) is 3.94. The number of nitrogens with two attached hydrogens (primary N) is 1. The SMILES string of the molecule is N[C@H](C(=O)O)[C@H](O)c1ccc(Cl)cc1. The summed E-state index contributed by atoms with van der Waals surface area (Å²) in [4.78, 5) is 10.5. The Balaban J connectivity index is 2.84. The maximum Gasteiger partial charge on any atom is 0.323 e. The van der Waals surface area contributed by atoms with Gasteiger partial charge in [0.1, 0.15) is 12.1 Å². The minimum Gasteiger partial charge on any atom is -0.480 e. The highest BCUT2D eigenvalue weighted by atomic mass is 35.5. The maximum absolute atomic E-state index is 10.5. The Kier molecular flexibility index (Phi) is 3.46. The quantitative estimate of drug-likeness (QED) is 0.696. The lowest BCUT2D eigenvalue weighted by Crippen LogP contribution is -2.36. The average Bonchev–Trinajstić information content (AvgIpc) is 2.16. The Bertz CT molecular complexity index is 325. The molecule has 0 aliphatic carbocycles. The van der Waals surface area contributed by atoms with Crippen LogP contribution in [0.1, 0.15) is 11.7 Å². The largest absolute Gasteiger partial charge is 0.480 e. The topological polar surface area (TPSA) is 83.6 Å². The van der Waals surface area contributed by atoms with Crippen LogP contribution in [0.2, 0.25) is 5.02 Å². The highest BCUT2D eigenvalue weighted by Crippen LogP contribution is 2.18. The van der Waals surface area contributed by atoms with Gasteiger partial charge in [-0.15, -0.1) is 0 Å². The number of carboxylic acids is 1. The number of aliphatic carboxylic acids is 1. The van der Waals surface area contributed by atoms with Crippen molar-refractivity contribution in [3.8, 4) is 0 Å². The lowest BCUT2D eigenvalue weighted by atomic mass is 10.0. The monoisotopic (exact) mass is 215 g/mol. The lowest BCUT2D eigenvalue weighted by Gasteiger charge is -2.14. The van der Waals surface area contributed by atoms with Crippen molar-refractivity contribution in [3.63, 3.8) is 0 Å². The average molecular weight is 216 g/mol. The molecule has 0 amide bonds. The predicted molar refractivity (Wildman–Crippen MR) is 52.0 cm³/mol. The van der Waals surface area contributed by atoms with Crippen LogP contribution in [0, 0.1) is 0 Å². The van der Waals surface area contributed by atoms with Gasteiger partial charge < -0.3 is 15.9 Å². The van der Waals surface area contributed by atoms with E-state index in [4.69, 9.17) is 22.4 Å². The van der Waals surface area contributed by atoms with Gasteiger partial charge in [-0.2, -0.15) is 0 Å². The second kappa shape index (κ2) is 4.41. The van der Waals surface area contributed by atoms with E-state index in [1.54, 1.807) is 12.1 Å². The zero-order valence-corrected chi connectivity index (χ0v) is 7.98. The molecule has 2 atom stereocenters. The van der Waals surface area contributed by atoms with Gasteiger partial charge in [0.05, 0.1) is 0 Å². The van der Waals surface area contributed by atoms with E-state index in [0.29, 0.717) is 10.6 Å². The van der Waals surface area contributed by atoms with Crippen molar-refractivity contribution in [1.82, 2.24) is 0 Å². The summed E-state index contributed by atoms with van der Waals surface area (Å²) < 4.78 is 0. The second-order valence-electron chi connectivity index (χ2n) is 2.86. The fraction of sp³-hybridized carbons (Fsp3) is 0.222. The van der Waals surface area contributed by atoms with Crippen molar-refractivity contribution >= 4 is 17.6 Å². The lowest BCUT2D eigenvalue weighted by molar-refractivity contribution is -0.141. The van der Waals surface area contributed by atoms with E-state index < -0.39 is 18.1 Å². The van der Waals surface area contributed by atoms with E-state index in [9.17, 15) is 9.90 Å². The molecule has 0 radical (unpaired) electrons. The number of aliphatic hydroxyl groups is 1. The Labute approximate surface area is 85.9 Å². The summed E-state index contributed by atoms with van der Waals surface area (Å²) in [6.07, 6.45) is -1.22. The van der Waals surface area contributed by atoms with Crippen LogP contribution in [0.25, 0.3) is 0 Å². The first-order valence-corrected chi connectivity index (χ1v) is 4.32. The van der Waals surface area contributed by atoms with Crippen LogP contribution in [0.15, 0.2) is 24.3 Å². The van der Waals surface area contributed by atoms with Crippen molar-refractivity contribution in [2.24, 2.45) is 5.73 Å². The molecule has 0 bridgehead atoms. The first-order chi connectivity index (χ1) is 6.52. The van der Waals surface area contributed by atoms with Crippen LogP contribution in [-0.4, -0.2) is 22.2 Å². The fourth-order valence-corrected chi connectivity index (χ4v) is 1.13. The second-order valence-corrected chi connectivity index (χ2v) is 3.30. The number of hydrogen-bond acceptors (Lipinski definition) is 3. The van der Waals surface area contributed by atoms with Crippen LogP contribution in [0.4, 0.5) is 0 Å². The third-order valence-corrected chi connectivity index (χ3v) is 2.09. The Hall–Kier alpha value is -1.10. The van der Waals surface area contributed by atoms with Crippen LogP contribution in [0.5, 0.6) is 0 Å². The van der Waals surface area contributed by atoms with Gasteiger partial charge in [0.2, 0.25) is 0 Å². The predicted octanol–water partition coefficient (Wildman–Crippen LogP) is 0.785. The molecule has 4 N–H and O–H groups in total. The molecular formula is C9H10ClNO3. The summed E-state index contributed by atoms with van der Waals surface area (Å²) in [5.74, 6) is -1.24. The van der Waals surface area contributed by atoms with Gasteiger partial charge in [0.15, 0.2) is 0 Å². The minimum atomic E-state index is -1.32. The highest BCUT2D eigenvalue weighted by Gasteiger charge is 2.23. The zero-order valence-electron chi connectivity index (χ0n) is 7.22. The van der Waals surface area contributed by atoms with Crippen molar-refractivity contribution in [3.05, 3.63) is 34.9 Å². The first kappa shape index (κ1) is 11.0. The smallest absolute Gasteiger partial charge is 0.323 e. The van der Waals surface area contributed by atoms with Gasteiger partial charge in [0, 0.05) is 5.02 Å². The van der Waals surface area contributed by atoms with Gasteiger partial charge in [0.25, 0.3) is 0 Å². The van der Waals surface area contributed by atoms with E-state index in [1.807, 2.05) is 0 Å². The molecular weight excluding hydrogens is 206 g/mol. The van der Waals surface area contributed by atoms with Crippen molar-refractivity contribution in [1.29, 1.82) is 0 Å². The molecule has 0 spiro atoms. The van der Waals surface area contributed by atoms with Gasteiger partial charge >= 0.3 is 5.97 Å². The summed E-state index contributed by atoms with van der Waals surface area (Å²) in [5.41, 5.74) is 5.68. The van der Waals surface area contributed by atoms with E-state index in [-0.39, 0.29) is 0 Å². The maximum atomic E-state index is 10.5. The standard InChI is InChI=1S/C9H10ClNO3/c10-6-3-1-5(2-4-6)8(12)7(11)9(13)14/h1-4,7-8,12H,11H2,(H,13,14)/t7-,8+/m0/s1. The number of hydrogen-bond donors (Lipinski definition) is 3. The Morgan fingerprint density at radius 3 is 2.29 bits per heavy atom. The van der Waals surface area contributed by atoms with E-state index in [0.717, 1.165) is 0 Å². The van der Waals surface area contributed by atoms with Crippen molar-refractivity contribution in [2.75, 3.05) is 0 Å². The van der Waals surface area contributed by atoms with Crippen molar-refractivity contribution < 1.29 is 15.0 Å². The Morgan fingerprint density at radius 2 is 1.86 bits per heavy atom. The van der Waals surface area contributed by atoms with Gasteiger partial charge in [-0.05, 0) is 17.7 Å². The normalized spacial score (nSPS) is 14.8. The van der Waals surface area contributed by atoms with E-state index in [1.165, 1.54) is 12.1 Å². The van der Waals surface area contributed by atoms with Crippen LogP contribution >= 0.6 is 11.6 Å². The summed E-state index contributed by atoms with van der Waals surface area (Å²) in [5, 5.41) is 18.6. The molecule has 0 aliphatic rings. The molecule has 0 heterocycles. The molecule has 0 aromatic heterocycles. The van der Waals surface area contributed by atoms with E-state index in [2.05, 4.69) is 0 Å². The molecule has 14 heavy (non-hydrogen) atoms. The molecule has 4 nitrogen and oxygen atoms in total. The Morgan fingerprint density at radius 1 is 1.36 bits per heavy atom.